The first-order chi connectivity index (χ1) is 15.1. The van der Waals surface area contributed by atoms with Crippen LogP contribution in [0.5, 0.6) is 5.75 Å². The zero-order valence-electron chi connectivity index (χ0n) is 18.5. The van der Waals surface area contributed by atoms with Gasteiger partial charge in [-0.05, 0) is 75.0 Å². The second-order valence-corrected chi connectivity index (χ2v) is 9.63. The van der Waals surface area contributed by atoms with Crippen molar-refractivity contribution in [3.8, 4) is 5.75 Å². The Bertz CT molecular complexity index is 911. The summed E-state index contributed by atoms with van der Waals surface area (Å²) in [6.07, 6.45) is 7.92. The molecule has 1 aromatic carbocycles. The molecule has 2 saturated heterocycles. The highest BCUT2D eigenvalue weighted by molar-refractivity contribution is 5.98. The Labute approximate surface area is 184 Å². The summed E-state index contributed by atoms with van der Waals surface area (Å²) in [6, 6.07) is 7.78. The second kappa shape index (κ2) is 8.83. The number of H-pyrrole nitrogens is 1. The van der Waals surface area contributed by atoms with Crippen LogP contribution in [-0.2, 0) is 9.47 Å². The fraction of sp³-hybridized carbons (Fsp3) is 0.640. The van der Waals surface area contributed by atoms with Crippen molar-refractivity contribution in [1.29, 1.82) is 0 Å². The van der Waals surface area contributed by atoms with E-state index in [9.17, 15) is 4.79 Å². The molecule has 1 N–H and O–H groups in total. The predicted molar refractivity (Wildman–Crippen MR) is 120 cm³/mol. The van der Waals surface area contributed by atoms with E-state index in [0.29, 0.717) is 11.6 Å². The van der Waals surface area contributed by atoms with Crippen molar-refractivity contribution in [2.45, 2.75) is 50.5 Å². The largest absolute Gasteiger partial charge is 0.497 e. The van der Waals surface area contributed by atoms with Gasteiger partial charge in [0.15, 0.2) is 0 Å². The lowest BCUT2D eigenvalue weighted by molar-refractivity contribution is -0.126. The first-order valence-electron chi connectivity index (χ1n) is 11.8. The first-order valence-corrected chi connectivity index (χ1v) is 11.8. The maximum atomic E-state index is 13.1. The van der Waals surface area contributed by atoms with Gasteiger partial charge in [0.05, 0.1) is 12.7 Å². The topological polar surface area (TPSA) is 63.8 Å². The SMILES string of the molecule is COc1ccc2cc(C(=O)N3CCC4(CC3)CC(CCOCC3CC3)CCO4)[nH]c2c1. The normalized spacial score (nSPS) is 23.4. The van der Waals surface area contributed by atoms with Crippen LogP contribution in [0, 0.1) is 11.8 Å². The molecule has 2 aromatic rings. The van der Waals surface area contributed by atoms with Crippen LogP contribution in [0.15, 0.2) is 24.3 Å². The average Bonchev–Trinajstić information content (AvgIpc) is 3.52. The number of benzene rings is 1. The Morgan fingerprint density at radius 3 is 2.81 bits per heavy atom. The standard InChI is InChI=1S/C25H34N2O4/c1-29-21-5-4-20-14-23(26-22(20)15-21)24(28)27-10-8-25(9-11-27)16-18(7-13-31-25)6-12-30-17-19-2-3-19/h4-5,14-15,18-19,26H,2-3,6-13,16-17H2,1H3. The fourth-order valence-corrected chi connectivity index (χ4v) is 5.14. The number of piperidine rings is 1. The van der Waals surface area contributed by atoms with E-state index in [4.69, 9.17) is 14.2 Å². The van der Waals surface area contributed by atoms with Crippen LogP contribution in [0.1, 0.15) is 55.4 Å². The lowest BCUT2D eigenvalue weighted by atomic mass is 9.78. The number of nitrogens with zero attached hydrogens (tertiary/aromatic N) is 1. The number of carbonyl (C=O) groups excluding carboxylic acids is 1. The van der Waals surface area contributed by atoms with Gasteiger partial charge in [-0.1, -0.05) is 0 Å². The molecular weight excluding hydrogens is 392 g/mol. The zero-order valence-corrected chi connectivity index (χ0v) is 18.5. The summed E-state index contributed by atoms with van der Waals surface area (Å²) in [4.78, 5) is 18.3. The van der Waals surface area contributed by atoms with E-state index in [2.05, 4.69) is 4.98 Å². The van der Waals surface area contributed by atoms with E-state index in [1.807, 2.05) is 29.2 Å². The third kappa shape index (κ3) is 4.75. The molecule has 5 rings (SSSR count). The number of carbonyl (C=O) groups is 1. The summed E-state index contributed by atoms with van der Waals surface area (Å²) >= 11 is 0. The van der Waals surface area contributed by atoms with Gasteiger partial charge in [-0.2, -0.15) is 0 Å². The maximum Gasteiger partial charge on any atom is 0.270 e. The van der Waals surface area contributed by atoms with Crippen molar-refractivity contribution in [3.63, 3.8) is 0 Å². The minimum atomic E-state index is -0.0516. The Kier molecular flexibility index (Phi) is 5.93. The summed E-state index contributed by atoms with van der Waals surface area (Å²) in [5.41, 5.74) is 1.53. The number of likely N-dealkylation sites (tertiary alicyclic amines) is 1. The monoisotopic (exact) mass is 426 g/mol. The molecule has 1 aromatic heterocycles. The molecule has 168 valence electrons. The van der Waals surface area contributed by atoms with Gasteiger partial charge in [0, 0.05) is 49.9 Å². The number of aromatic amines is 1. The van der Waals surface area contributed by atoms with Gasteiger partial charge < -0.3 is 24.1 Å². The highest BCUT2D eigenvalue weighted by Gasteiger charge is 2.41. The van der Waals surface area contributed by atoms with Gasteiger partial charge in [-0.25, -0.2) is 0 Å². The molecule has 31 heavy (non-hydrogen) atoms. The zero-order chi connectivity index (χ0) is 21.3. The number of hydrogen-bond donors (Lipinski definition) is 1. The van der Waals surface area contributed by atoms with E-state index < -0.39 is 0 Å². The summed E-state index contributed by atoms with van der Waals surface area (Å²) in [6.45, 7) is 4.18. The van der Waals surface area contributed by atoms with Crippen LogP contribution in [0.4, 0.5) is 0 Å². The van der Waals surface area contributed by atoms with Gasteiger partial charge >= 0.3 is 0 Å². The van der Waals surface area contributed by atoms with Crippen LogP contribution < -0.4 is 4.74 Å². The summed E-state index contributed by atoms with van der Waals surface area (Å²) in [5.74, 6) is 2.38. The molecule has 6 nitrogen and oxygen atoms in total. The van der Waals surface area contributed by atoms with Crippen molar-refractivity contribution in [2.24, 2.45) is 11.8 Å². The summed E-state index contributed by atoms with van der Waals surface area (Å²) < 4.78 is 17.5. The lowest BCUT2D eigenvalue weighted by Gasteiger charge is -2.46. The minimum absolute atomic E-state index is 0.0516. The number of fused-ring (bicyclic) bond motifs is 1. The quantitative estimate of drug-likeness (QED) is 0.667. The predicted octanol–water partition coefficient (Wildman–Crippen LogP) is 4.39. The minimum Gasteiger partial charge on any atom is -0.497 e. The molecule has 1 saturated carbocycles. The number of rotatable bonds is 7. The Hall–Kier alpha value is -2.05. The van der Waals surface area contributed by atoms with Crippen LogP contribution in [-0.4, -0.2) is 61.4 Å². The lowest BCUT2D eigenvalue weighted by Crippen LogP contribution is -2.51. The Morgan fingerprint density at radius 2 is 2.03 bits per heavy atom. The van der Waals surface area contributed by atoms with Crippen LogP contribution >= 0.6 is 0 Å². The van der Waals surface area contributed by atoms with Crippen molar-refractivity contribution >= 4 is 16.8 Å². The summed E-state index contributed by atoms with van der Waals surface area (Å²) in [5, 5.41) is 1.03. The van der Waals surface area contributed by atoms with E-state index in [0.717, 1.165) is 87.6 Å². The second-order valence-electron chi connectivity index (χ2n) is 9.63. The number of hydrogen-bond acceptors (Lipinski definition) is 4. The number of amides is 1. The molecule has 1 amide bonds. The van der Waals surface area contributed by atoms with Crippen molar-refractivity contribution < 1.29 is 19.0 Å². The fourth-order valence-electron chi connectivity index (χ4n) is 5.14. The first kappa shape index (κ1) is 20.8. The molecule has 0 bridgehead atoms. The molecule has 6 heteroatoms. The average molecular weight is 427 g/mol. The van der Waals surface area contributed by atoms with E-state index in [1.165, 1.54) is 12.8 Å². The molecule has 0 radical (unpaired) electrons. The smallest absolute Gasteiger partial charge is 0.270 e. The highest BCUT2D eigenvalue weighted by Crippen LogP contribution is 2.39. The van der Waals surface area contributed by atoms with Gasteiger partial charge in [-0.15, -0.1) is 0 Å². The molecule has 3 fully saturated rings. The molecule has 1 spiro atoms. The molecule has 2 aliphatic heterocycles. The number of nitrogens with one attached hydrogen (secondary N) is 1. The van der Waals surface area contributed by atoms with Gasteiger partial charge in [0.2, 0.25) is 0 Å². The Balaban J connectivity index is 1.15. The van der Waals surface area contributed by atoms with E-state index in [-0.39, 0.29) is 11.5 Å². The van der Waals surface area contributed by atoms with Crippen molar-refractivity contribution in [2.75, 3.05) is 40.0 Å². The van der Waals surface area contributed by atoms with Crippen LogP contribution in [0.2, 0.25) is 0 Å². The number of methoxy groups -OCH3 is 1. The number of ether oxygens (including phenoxy) is 3. The molecule has 3 heterocycles. The summed E-state index contributed by atoms with van der Waals surface area (Å²) in [7, 11) is 1.65. The third-order valence-electron chi connectivity index (χ3n) is 7.34. The van der Waals surface area contributed by atoms with E-state index in [1.54, 1.807) is 7.11 Å². The van der Waals surface area contributed by atoms with Crippen LogP contribution in [0.3, 0.4) is 0 Å². The molecule has 3 aliphatic rings. The molecule has 1 atom stereocenters. The third-order valence-corrected chi connectivity index (χ3v) is 7.34. The van der Waals surface area contributed by atoms with Crippen LogP contribution in [0.25, 0.3) is 10.9 Å². The van der Waals surface area contributed by atoms with Gasteiger partial charge in [-0.3, -0.25) is 4.79 Å². The van der Waals surface area contributed by atoms with Crippen molar-refractivity contribution in [3.05, 3.63) is 30.0 Å². The Morgan fingerprint density at radius 1 is 1.19 bits per heavy atom. The molecule has 1 aliphatic carbocycles. The molecule has 1 unspecified atom stereocenters. The van der Waals surface area contributed by atoms with Crippen molar-refractivity contribution in [1.82, 2.24) is 9.88 Å². The van der Waals surface area contributed by atoms with E-state index >= 15 is 0 Å². The maximum absolute atomic E-state index is 13.1. The van der Waals surface area contributed by atoms with Gasteiger partial charge in [0.25, 0.3) is 5.91 Å². The highest BCUT2D eigenvalue weighted by atomic mass is 16.5. The number of aromatic nitrogens is 1. The van der Waals surface area contributed by atoms with Gasteiger partial charge in [0.1, 0.15) is 11.4 Å². The molecular formula is C25H34N2O4.